The van der Waals surface area contributed by atoms with E-state index >= 15 is 0 Å². The van der Waals surface area contributed by atoms with Gasteiger partial charge in [0.25, 0.3) is 11.8 Å². The number of benzene rings is 1. The molecule has 0 spiro atoms. The molecule has 146 valence electrons. The Hall–Kier alpha value is -3.09. The average molecular weight is 381 g/mol. The first-order valence-corrected chi connectivity index (χ1v) is 9.53. The lowest BCUT2D eigenvalue weighted by Crippen LogP contribution is -2.60. The van der Waals surface area contributed by atoms with Crippen molar-refractivity contribution in [1.29, 1.82) is 0 Å². The molecule has 4 rings (SSSR count). The van der Waals surface area contributed by atoms with Crippen LogP contribution in [0.15, 0.2) is 41.0 Å². The number of hydrogen-bond donors (Lipinski definition) is 1. The quantitative estimate of drug-likeness (QED) is 0.886. The molecule has 1 N–H and O–H groups in total. The van der Waals surface area contributed by atoms with Crippen LogP contribution in [0.1, 0.15) is 46.2 Å². The first-order valence-electron chi connectivity index (χ1n) is 9.53. The lowest BCUT2D eigenvalue weighted by atomic mass is 10.0. The van der Waals surface area contributed by atoms with Crippen LogP contribution in [0.2, 0.25) is 0 Å². The van der Waals surface area contributed by atoms with Gasteiger partial charge in [-0.15, -0.1) is 0 Å². The van der Waals surface area contributed by atoms with Gasteiger partial charge < -0.3 is 19.5 Å². The summed E-state index contributed by atoms with van der Waals surface area (Å²) in [6.45, 7) is 4.91. The molecule has 2 aliphatic rings. The fraction of sp³-hybridized carbons (Fsp3) is 0.381. The molecule has 2 aromatic rings. The van der Waals surface area contributed by atoms with Crippen molar-refractivity contribution >= 4 is 23.4 Å². The Morgan fingerprint density at radius 3 is 2.79 bits per heavy atom. The number of piperazine rings is 1. The van der Waals surface area contributed by atoms with Crippen molar-refractivity contribution in [3.05, 3.63) is 53.5 Å². The first-order chi connectivity index (χ1) is 13.5. The van der Waals surface area contributed by atoms with E-state index in [-0.39, 0.29) is 29.5 Å². The molecule has 0 aliphatic carbocycles. The third kappa shape index (κ3) is 3.06. The highest BCUT2D eigenvalue weighted by molar-refractivity contribution is 6.05. The van der Waals surface area contributed by atoms with Gasteiger partial charge >= 0.3 is 0 Å². The molecule has 28 heavy (non-hydrogen) atoms. The van der Waals surface area contributed by atoms with E-state index in [1.165, 1.54) is 6.26 Å². The number of carbonyl (C=O) groups is 3. The monoisotopic (exact) mass is 381 g/mol. The zero-order chi connectivity index (χ0) is 19.8. The van der Waals surface area contributed by atoms with Crippen molar-refractivity contribution in [2.24, 2.45) is 0 Å². The maximum Gasteiger partial charge on any atom is 0.291 e. The Morgan fingerprint density at radius 1 is 1.21 bits per heavy atom. The number of fused-ring (bicyclic) bond motifs is 1. The molecule has 2 atom stereocenters. The number of nitrogens with zero attached hydrogens (tertiary/aromatic N) is 2. The Bertz CT molecular complexity index is 922. The smallest absolute Gasteiger partial charge is 0.291 e. The number of anilines is 1. The highest BCUT2D eigenvalue weighted by atomic mass is 16.3. The van der Waals surface area contributed by atoms with E-state index in [0.717, 1.165) is 19.4 Å². The van der Waals surface area contributed by atoms with Gasteiger partial charge in [-0.2, -0.15) is 0 Å². The molecular weight excluding hydrogens is 358 g/mol. The minimum absolute atomic E-state index is 0.0158. The van der Waals surface area contributed by atoms with Crippen LogP contribution < -0.4 is 5.32 Å². The molecule has 3 heterocycles. The Kier molecular flexibility index (Phi) is 4.66. The van der Waals surface area contributed by atoms with E-state index in [0.29, 0.717) is 23.4 Å². The van der Waals surface area contributed by atoms with Crippen molar-refractivity contribution in [2.45, 2.75) is 38.8 Å². The van der Waals surface area contributed by atoms with Gasteiger partial charge in [-0.05, 0) is 56.5 Å². The van der Waals surface area contributed by atoms with Crippen LogP contribution in [0.3, 0.4) is 0 Å². The summed E-state index contributed by atoms with van der Waals surface area (Å²) in [5, 5.41) is 2.79. The van der Waals surface area contributed by atoms with E-state index in [1.807, 2.05) is 4.90 Å². The maximum atomic E-state index is 13.3. The molecule has 2 aliphatic heterocycles. The molecule has 0 saturated carbocycles. The number of furan rings is 1. The lowest BCUT2D eigenvalue weighted by Gasteiger charge is -2.41. The predicted molar refractivity (Wildman–Crippen MR) is 103 cm³/mol. The lowest BCUT2D eigenvalue weighted by molar-refractivity contribution is -0.141. The van der Waals surface area contributed by atoms with Crippen LogP contribution >= 0.6 is 0 Å². The number of nitrogens with one attached hydrogen (secondary N) is 1. The molecule has 1 aromatic carbocycles. The molecule has 0 bridgehead atoms. The zero-order valence-corrected chi connectivity index (χ0v) is 16.0. The van der Waals surface area contributed by atoms with Crippen LogP contribution in [-0.4, -0.2) is 52.7 Å². The summed E-state index contributed by atoms with van der Waals surface area (Å²) >= 11 is 0. The van der Waals surface area contributed by atoms with Crippen LogP contribution in [0.5, 0.6) is 0 Å². The van der Waals surface area contributed by atoms with E-state index < -0.39 is 6.04 Å². The fourth-order valence-corrected chi connectivity index (χ4v) is 4.08. The number of carbonyl (C=O) groups excluding carboxylic acids is 3. The van der Waals surface area contributed by atoms with Gasteiger partial charge in [0.2, 0.25) is 5.91 Å². The van der Waals surface area contributed by atoms with E-state index in [1.54, 1.807) is 49.1 Å². The van der Waals surface area contributed by atoms with Crippen molar-refractivity contribution < 1.29 is 18.8 Å². The molecule has 7 nitrogen and oxygen atoms in total. The second kappa shape index (κ2) is 7.14. The van der Waals surface area contributed by atoms with Crippen LogP contribution in [0, 0.1) is 6.92 Å². The molecular formula is C21H23N3O4. The van der Waals surface area contributed by atoms with Crippen molar-refractivity contribution in [3.8, 4) is 0 Å². The third-order valence-corrected chi connectivity index (χ3v) is 5.71. The number of rotatable bonds is 3. The summed E-state index contributed by atoms with van der Waals surface area (Å²) < 4.78 is 5.12. The number of amides is 3. The van der Waals surface area contributed by atoms with Gasteiger partial charge in [0, 0.05) is 30.4 Å². The zero-order valence-electron chi connectivity index (χ0n) is 16.0. The van der Waals surface area contributed by atoms with Gasteiger partial charge in [0.05, 0.1) is 6.26 Å². The van der Waals surface area contributed by atoms with Gasteiger partial charge in [-0.1, -0.05) is 6.07 Å². The van der Waals surface area contributed by atoms with Crippen molar-refractivity contribution in [2.75, 3.05) is 18.4 Å². The van der Waals surface area contributed by atoms with Gasteiger partial charge in [-0.25, -0.2) is 0 Å². The summed E-state index contributed by atoms with van der Waals surface area (Å²) in [4.78, 5) is 41.7. The van der Waals surface area contributed by atoms with Crippen molar-refractivity contribution in [3.63, 3.8) is 0 Å². The van der Waals surface area contributed by atoms with Crippen LogP contribution in [0.4, 0.5) is 5.69 Å². The van der Waals surface area contributed by atoms with Crippen LogP contribution in [-0.2, 0) is 4.79 Å². The summed E-state index contributed by atoms with van der Waals surface area (Å²) in [5.41, 5.74) is 1.70. The van der Waals surface area contributed by atoms with Gasteiger partial charge in [0.15, 0.2) is 5.76 Å². The molecule has 0 radical (unpaired) electrons. The van der Waals surface area contributed by atoms with E-state index in [9.17, 15) is 14.4 Å². The second-order valence-electron chi connectivity index (χ2n) is 7.37. The van der Waals surface area contributed by atoms with Gasteiger partial charge in [0.1, 0.15) is 6.04 Å². The molecule has 7 heteroatoms. The largest absolute Gasteiger partial charge is 0.459 e. The fourth-order valence-electron chi connectivity index (χ4n) is 4.08. The minimum atomic E-state index is -0.484. The molecule has 2 fully saturated rings. The maximum absolute atomic E-state index is 13.3. The van der Waals surface area contributed by atoms with Crippen molar-refractivity contribution in [1.82, 2.24) is 9.80 Å². The summed E-state index contributed by atoms with van der Waals surface area (Å²) in [5.74, 6) is -0.338. The summed E-state index contributed by atoms with van der Waals surface area (Å²) in [7, 11) is 0. The van der Waals surface area contributed by atoms with E-state index in [4.69, 9.17) is 4.42 Å². The summed E-state index contributed by atoms with van der Waals surface area (Å²) in [6, 6.07) is 8.06. The average Bonchev–Trinajstić information content (AvgIpc) is 3.37. The SMILES string of the molecule is Cc1c(NC(=O)c2ccco2)cccc1C(=O)N1C[C@@H]2CCCN2C(=O)[C@@H]1C. The minimum Gasteiger partial charge on any atom is -0.459 e. The predicted octanol–water partition coefficient (Wildman–Crippen LogP) is 2.68. The Balaban J connectivity index is 1.58. The molecule has 1 aromatic heterocycles. The first kappa shape index (κ1) is 18.3. The summed E-state index contributed by atoms with van der Waals surface area (Å²) in [6.07, 6.45) is 3.35. The van der Waals surface area contributed by atoms with Gasteiger partial charge in [-0.3, -0.25) is 14.4 Å². The topological polar surface area (TPSA) is 82.9 Å². The highest BCUT2D eigenvalue weighted by Gasteiger charge is 2.42. The van der Waals surface area contributed by atoms with Crippen LogP contribution in [0.25, 0.3) is 0 Å². The third-order valence-electron chi connectivity index (χ3n) is 5.71. The second-order valence-corrected chi connectivity index (χ2v) is 7.37. The standard InChI is InChI=1S/C21H23N3O4/c1-13-16(7-3-8-17(13)22-19(25)18-9-5-11-28-18)21(27)24-12-15-6-4-10-23(15)20(26)14(24)2/h3,5,7-9,11,14-15H,4,6,10,12H2,1-2H3,(H,22,25)/t14-,15-/m0/s1. The Labute approximate surface area is 163 Å². The number of hydrogen-bond acceptors (Lipinski definition) is 4. The molecule has 0 unspecified atom stereocenters. The molecule has 2 saturated heterocycles. The Morgan fingerprint density at radius 2 is 2.04 bits per heavy atom. The molecule has 3 amide bonds. The highest BCUT2D eigenvalue weighted by Crippen LogP contribution is 2.28. The van der Waals surface area contributed by atoms with E-state index in [2.05, 4.69) is 5.32 Å². The normalized spacial score (nSPS) is 21.6.